The summed E-state index contributed by atoms with van der Waals surface area (Å²) in [5.41, 5.74) is 0.841. The zero-order valence-corrected chi connectivity index (χ0v) is 22.5. The average molecular weight is 535 g/mol. The van der Waals surface area contributed by atoms with E-state index in [1.165, 1.54) is 11.3 Å². The minimum atomic E-state index is -3.30. The van der Waals surface area contributed by atoms with Crippen LogP contribution in [0.1, 0.15) is 36.8 Å². The second kappa shape index (κ2) is 13.5. The van der Waals surface area contributed by atoms with E-state index in [1.807, 2.05) is 37.3 Å². The van der Waals surface area contributed by atoms with E-state index in [0.29, 0.717) is 40.2 Å². The molecule has 2 aromatic carbocycles. The number of aromatic nitrogens is 1. The fourth-order valence-corrected chi connectivity index (χ4v) is 5.71. The molecule has 0 aliphatic heterocycles. The van der Waals surface area contributed by atoms with E-state index in [-0.39, 0.29) is 25.5 Å². The number of para-hydroxylation sites is 1. The van der Waals surface area contributed by atoms with E-state index in [1.54, 1.807) is 44.5 Å². The third-order valence-corrected chi connectivity index (χ3v) is 7.46. The highest BCUT2D eigenvalue weighted by atomic mass is 32.1. The van der Waals surface area contributed by atoms with Crippen LogP contribution in [-0.2, 0) is 24.5 Å². The molecule has 3 rings (SSSR count). The fourth-order valence-electron chi connectivity index (χ4n) is 3.28. The van der Waals surface area contributed by atoms with Gasteiger partial charge in [-0.05, 0) is 45.0 Å². The summed E-state index contributed by atoms with van der Waals surface area (Å²) in [6, 6.07) is 14.2. The van der Waals surface area contributed by atoms with Crippen molar-refractivity contribution in [2.45, 2.75) is 33.0 Å². The van der Waals surface area contributed by atoms with Crippen LogP contribution in [-0.4, -0.2) is 43.9 Å². The van der Waals surface area contributed by atoms with E-state index < -0.39 is 13.5 Å². The van der Waals surface area contributed by atoms with Crippen molar-refractivity contribution >= 4 is 30.0 Å². The number of methoxy groups -OCH3 is 1. The smallest absolute Gasteiger partial charge is 0.336 e. The number of rotatable bonds is 14. The van der Waals surface area contributed by atoms with Crippen LogP contribution in [0.4, 0.5) is 5.13 Å². The van der Waals surface area contributed by atoms with Crippen molar-refractivity contribution in [1.29, 1.82) is 0 Å². The maximum absolute atomic E-state index is 13.1. The molecule has 0 bridgehead atoms. The number of nitrogens with zero attached hydrogens (tertiary/aromatic N) is 1. The molecule has 0 unspecified atom stereocenters. The normalized spacial score (nSPS) is 12.2. The van der Waals surface area contributed by atoms with Gasteiger partial charge in [-0.3, -0.25) is 14.7 Å². The fraction of sp³-hybridized carbons (Fsp3) is 0.360. The van der Waals surface area contributed by atoms with Crippen molar-refractivity contribution in [3.05, 3.63) is 65.2 Å². The summed E-state index contributed by atoms with van der Waals surface area (Å²) < 4.78 is 40.5. The third-order valence-electron chi connectivity index (χ3n) is 4.64. The lowest BCUT2D eigenvalue weighted by Crippen LogP contribution is -2.18. The van der Waals surface area contributed by atoms with E-state index in [9.17, 15) is 9.36 Å². The minimum Gasteiger partial charge on any atom is -0.488 e. The highest BCUT2D eigenvalue weighted by molar-refractivity contribution is 7.53. The standard InChI is InChI=1S/C25H31N2O7PS/c1-5-31-35(29,32-6-2)16-20-17-36-25(26-20)27-24(28)19-12-22(33-18(3)15-30-4)14-23(13-19)34-21-10-8-7-9-11-21/h7-14,17-18H,5-6,15-16H2,1-4H3,(H,26,27,28)/t18-/m0/s1. The lowest BCUT2D eigenvalue weighted by Gasteiger charge is -2.16. The van der Waals surface area contributed by atoms with Crippen molar-refractivity contribution in [2.75, 3.05) is 32.2 Å². The molecular weight excluding hydrogens is 503 g/mol. The molecule has 0 saturated carbocycles. The molecule has 0 fully saturated rings. The molecule has 11 heteroatoms. The van der Waals surface area contributed by atoms with Gasteiger partial charge in [0.25, 0.3) is 5.91 Å². The topological polar surface area (TPSA) is 105 Å². The molecule has 0 aliphatic carbocycles. The quantitative estimate of drug-likeness (QED) is 0.238. The third kappa shape index (κ3) is 8.43. The summed E-state index contributed by atoms with van der Waals surface area (Å²) >= 11 is 1.22. The zero-order chi connectivity index (χ0) is 26.0. The number of carbonyl (C=O) groups excluding carboxylic acids is 1. The number of amides is 1. The van der Waals surface area contributed by atoms with Gasteiger partial charge in [-0.2, -0.15) is 0 Å². The highest BCUT2D eigenvalue weighted by Crippen LogP contribution is 2.51. The van der Waals surface area contributed by atoms with Crippen LogP contribution in [0.5, 0.6) is 17.2 Å². The van der Waals surface area contributed by atoms with Gasteiger partial charge in [0.15, 0.2) is 5.13 Å². The van der Waals surface area contributed by atoms with Gasteiger partial charge in [0.05, 0.1) is 31.7 Å². The van der Waals surface area contributed by atoms with Crippen LogP contribution in [0, 0.1) is 0 Å². The van der Waals surface area contributed by atoms with Gasteiger partial charge in [0.2, 0.25) is 0 Å². The Hall–Kier alpha value is -2.75. The number of carbonyl (C=O) groups is 1. The molecular formula is C25H31N2O7PS. The summed E-state index contributed by atoms with van der Waals surface area (Å²) in [7, 11) is -1.70. The Bertz CT molecular complexity index is 1160. The minimum absolute atomic E-state index is 0.0246. The average Bonchev–Trinajstić information content (AvgIpc) is 3.26. The molecule has 1 N–H and O–H groups in total. The molecule has 0 spiro atoms. The molecule has 3 aromatic rings. The summed E-state index contributed by atoms with van der Waals surface area (Å²) in [4.78, 5) is 17.5. The first-order valence-corrected chi connectivity index (χ1v) is 14.1. The van der Waals surface area contributed by atoms with Crippen LogP contribution in [0.3, 0.4) is 0 Å². The van der Waals surface area contributed by atoms with Crippen LogP contribution >= 0.6 is 18.9 Å². The molecule has 9 nitrogen and oxygen atoms in total. The lowest BCUT2D eigenvalue weighted by atomic mass is 10.2. The largest absolute Gasteiger partial charge is 0.488 e. The Kier molecular flexibility index (Phi) is 10.5. The molecule has 0 radical (unpaired) electrons. The van der Waals surface area contributed by atoms with Crippen LogP contribution in [0.25, 0.3) is 0 Å². The van der Waals surface area contributed by atoms with Gasteiger partial charge < -0.3 is 23.3 Å². The van der Waals surface area contributed by atoms with Gasteiger partial charge in [-0.25, -0.2) is 4.98 Å². The first-order chi connectivity index (χ1) is 17.3. The van der Waals surface area contributed by atoms with E-state index in [4.69, 9.17) is 23.3 Å². The van der Waals surface area contributed by atoms with E-state index in [2.05, 4.69) is 10.3 Å². The highest BCUT2D eigenvalue weighted by Gasteiger charge is 2.26. The number of ether oxygens (including phenoxy) is 3. The van der Waals surface area contributed by atoms with Crippen molar-refractivity contribution in [3.8, 4) is 17.2 Å². The molecule has 0 saturated heterocycles. The zero-order valence-electron chi connectivity index (χ0n) is 20.8. The summed E-state index contributed by atoms with van der Waals surface area (Å²) in [6.45, 7) is 6.29. The van der Waals surface area contributed by atoms with Crippen molar-refractivity contribution in [3.63, 3.8) is 0 Å². The maximum atomic E-state index is 13.1. The van der Waals surface area contributed by atoms with Crippen LogP contribution in [0.15, 0.2) is 53.9 Å². The Labute approximate surface area is 215 Å². The number of nitrogens with one attached hydrogen (secondary N) is 1. The maximum Gasteiger partial charge on any atom is 0.336 e. The predicted molar refractivity (Wildman–Crippen MR) is 140 cm³/mol. The Morgan fingerprint density at radius 3 is 2.42 bits per heavy atom. The molecule has 194 valence electrons. The predicted octanol–water partition coefficient (Wildman–Crippen LogP) is 6.37. The van der Waals surface area contributed by atoms with E-state index in [0.717, 1.165) is 0 Å². The number of hydrogen-bond acceptors (Lipinski definition) is 9. The second-order valence-corrected chi connectivity index (χ2v) is 10.6. The number of thiazole rings is 1. The van der Waals surface area contributed by atoms with Crippen molar-refractivity contribution < 1.29 is 32.6 Å². The summed E-state index contributed by atoms with van der Waals surface area (Å²) in [6.07, 6.45) is -0.206. The molecule has 1 aromatic heterocycles. The Morgan fingerprint density at radius 1 is 1.06 bits per heavy atom. The Balaban J connectivity index is 1.78. The number of benzene rings is 2. The molecule has 1 heterocycles. The Morgan fingerprint density at radius 2 is 1.75 bits per heavy atom. The molecule has 1 atom stereocenters. The lowest BCUT2D eigenvalue weighted by molar-refractivity contribution is 0.0916. The monoisotopic (exact) mass is 534 g/mol. The number of anilines is 1. The van der Waals surface area contributed by atoms with E-state index >= 15 is 0 Å². The summed E-state index contributed by atoms with van der Waals surface area (Å²) in [5, 5.41) is 4.87. The molecule has 1 amide bonds. The van der Waals surface area contributed by atoms with Gasteiger partial charge in [-0.15, -0.1) is 11.3 Å². The summed E-state index contributed by atoms with van der Waals surface area (Å²) in [5.74, 6) is 1.15. The van der Waals surface area contributed by atoms with Gasteiger partial charge in [0, 0.05) is 24.1 Å². The second-order valence-electron chi connectivity index (χ2n) is 7.69. The van der Waals surface area contributed by atoms with Crippen molar-refractivity contribution in [2.24, 2.45) is 0 Å². The molecule has 36 heavy (non-hydrogen) atoms. The number of hydrogen-bond donors (Lipinski definition) is 1. The first-order valence-electron chi connectivity index (χ1n) is 11.5. The van der Waals surface area contributed by atoms with Gasteiger partial charge in [-0.1, -0.05) is 18.2 Å². The molecule has 0 aliphatic rings. The first kappa shape index (κ1) is 27.8. The van der Waals surface area contributed by atoms with Crippen LogP contribution < -0.4 is 14.8 Å². The van der Waals surface area contributed by atoms with Crippen LogP contribution in [0.2, 0.25) is 0 Å². The van der Waals surface area contributed by atoms with Gasteiger partial charge >= 0.3 is 7.60 Å². The van der Waals surface area contributed by atoms with Gasteiger partial charge in [0.1, 0.15) is 23.4 Å². The van der Waals surface area contributed by atoms with Crippen molar-refractivity contribution in [1.82, 2.24) is 4.98 Å². The SMILES string of the molecule is CCOP(=O)(Cc1csc(NC(=O)c2cc(Oc3ccccc3)cc(O[C@@H](C)COC)c2)n1)OCC.